The molecule has 3 heteroatoms. The molecule has 0 saturated heterocycles. The van der Waals surface area contributed by atoms with Crippen molar-refractivity contribution in [3.63, 3.8) is 0 Å². The molecule has 0 spiro atoms. The molecule has 104 valence electrons. The molecule has 19 heavy (non-hydrogen) atoms. The van der Waals surface area contributed by atoms with Gasteiger partial charge in [-0.1, -0.05) is 31.4 Å². The topological polar surface area (TPSA) is 46.2 Å². The number of rotatable bonds is 2. The summed E-state index contributed by atoms with van der Waals surface area (Å²) in [5.41, 5.74) is 6.34. The van der Waals surface area contributed by atoms with E-state index in [1.807, 2.05) is 6.07 Å². The van der Waals surface area contributed by atoms with Crippen LogP contribution < -0.4 is 5.73 Å². The molecule has 3 rings (SSSR count). The van der Waals surface area contributed by atoms with Gasteiger partial charge in [0.2, 0.25) is 0 Å². The Bertz CT molecular complexity index is 482. The predicted octanol–water partition coefficient (Wildman–Crippen LogP) is 2.87. The third-order valence-corrected chi connectivity index (χ3v) is 5.38. The molecule has 0 amide bonds. The van der Waals surface area contributed by atoms with Crippen molar-refractivity contribution in [3.8, 4) is 0 Å². The molecule has 0 bridgehead atoms. The van der Waals surface area contributed by atoms with Crippen LogP contribution in [-0.4, -0.2) is 11.7 Å². The summed E-state index contributed by atoms with van der Waals surface area (Å²) in [6.45, 7) is 0.486. The fraction of sp³-hybridized carbons (Fsp3) is 0.625. The Balaban J connectivity index is 2.08. The lowest BCUT2D eigenvalue weighted by molar-refractivity contribution is -0.105. The van der Waals surface area contributed by atoms with Crippen LogP contribution in [0.4, 0.5) is 4.39 Å². The molecule has 2 nitrogen and oxygen atoms in total. The fourth-order valence-corrected chi connectivity index (χ4v) is 4.21. The zero-order valence-electron chi connectivity index (χ0n) is 11.3. The van der Waals surface area contributed by atoms with Crippen molar-refractivity contribution in [2.75, 3.05) is 6.54 Å². The average Bonchev–Trinajstić information content (AvgIpc) is 2.80. The van der Waals surface area contributed by atoms with Crippen LogP contribution in [0.5, 0.6) is 0 Å². The first kappa shape index (κ1) is 13.1. The normalized spacial score (nSPS) is 29.2. The maximum atomic E-state index is 13.9. The van der Waals surface area contributed by atoms with Gasteiger partial charge in [-0.3, -0.25) is 0 Å². The Hall–Kier alpha value is -0.930. The zero-order chi connectivity index (χ0) is 13.5. The summed E-state index contributed by atoms with van der Waals surface area (Å²) in [5, 5.41) is 11.3. The predicted molar refractivity (Wildman–Crippen MR) is 73.2 cm³/mol. The lowest BCUT2D eigenvalue weighted by atomic mass is 9.61. The van der Waals surface area contributed by atoms with E-state index in [9.17, 15) is 9.50 Å². The zero-order valence-corrected chi connectivity index (χ0v) is 11.3. The van der Waals surface area contributed by atoms with Crippen LogP contribution in [0.15, 0.2) is 18.2 Å². The second-order valence-electron chi connectivity index (χ2n) is 6.17. The Labute approximate surface area is 113 Å². The second-order valence-corrected chi connectivity index (χ2v) is 6.17. The van der Waals surface area contributed by atoms with Gasteiger partial charge in [0.15, 0.2) is 0 Å². The van der Waals surface area contributed by atoms with Crippen molar-refractivity contribution < 1.29 is 9.50 Å². The van der Waals surface area contributed by atoms with Gasteiger partial charge in [-0.2, -0.15) is 0 Å². The van der Waals surface area contributed by atoms with E-state index in [0.717, 1.165) is 31.2 Å². The standard InChI is InChI=1S/C16H22FNO/c17-14-6-4-5-13-12(14)7-10-16(13,19)15(11-18)8-2-1-3-9-15/h4-6,19H,1-3,7-11,18H2. The molecular weight excluding hydrogens is 241 g/mol. The van der Waals surface area contributed by atoms with Crippen LogP contribution in [0.2, 0.25) is 0 Å². The van der Waals surface area contributed by atoms with Gasteiger partial charge in [-0.15, -0.1) is 0 Å². The van der Waals surface area contributed by atoms with E-state index in [1.54, 1.807) is 6.07 Å². The SMILES string of the molecule is NCC1(C2(O)CCc3c(F)cccc32)CCCCC1. The smallest absolute Gasteiger partial charge is 0.126 e. The highest BCUT2D eigenvalue weighted by Crippen LogP contribution is 2.55. The van der Waals surface area contributed by atoms with E-state index in [1.165, 1.54) is 12.5 Å². The molecule has 0 heterocycles. The number of halogens is 1. The number of nitrogens with two attached hydrogens (primary N) is 1. The Kier molecular flexibility index (Phi) is 3.14. The van der Waals surface area contributed by atoms with Crippen LogP contribution in [0.3, 0.4) is 0 Å². The lowest BCUT2D eigenvalue weighted by Crippen LogP contribution is -2.50. The molecule has 1 unspecified atom stereocenters. The van der Waals surface area contributed by atoms with Gasteiger partial charge in [0.05, 0.1) is 5.60 Å². The van der Waals surface area contributed by atoms with Crippen molar-refractivity contribution in [3.05, 3.63) is 35.1 Å². The van der Waals surface area contributed by atoms with Crippen LogP contribution in [0.1, 0.15) is 49.7 Å². The van der Waals surface area contributed by atoms with Crippen molar-refractivity contribution in [1.82, 2.24) is 0 Å². The van der Waals surface area contributed by atoms with Gasteiger partial charge in [0.25, 0.3) is 0 Å². The van der Waals surface area contributed by atoms with Gasteiger partial charge < -0.3 is 10.8 Å². The van der Waals surface area contributed by atoms with Gasteiger partial charge in [-0.05, 0) is 42.9 Å². The molecule has 1 fully saturated rings. The molecule has 1 aromatic carbocycles. The van der Waals surface area contributed by atoms with E-state index >= 15 is 0 Å². The minimum absolute atomic E-state index is 0.184. The highest BCUT2D eigenvalue weighted by atomic mass is 19.1. The van der Waals surface area contributed by atoms with Crippen molar-refractivity contribution in [2.24, 2.45) is 11.1 Å². The molecule has 0 aliphatic heterocycles. The summed E-state index contributed by atoms with van der Waals surface area (Å²) < 4.78 is 13.9. The van der Waals surface area contributed by atoms with E-state index in [4.69, 9.17) is 5.73 Å². The fourth-order valence-electron chi connectivity index (χ4n) is 4.21. The first-order chi connectivity index (χ1) is 9.13. The number of aliphatic hydroxyl groups is 1. The highest BCUT2D eigenvalue weighted by Gasteiger charge is 2.53. The molecule has 2 aliphatic rings. The summed E-state index contributed by atoms with van der Waals surface area (Å²) >= 11 is 0. The quantitative estimate of drug-likeness (QED) is 0.862. The number of hydrogen-bond donors (Lipinski definition) is 2. The van der Waals surface area contributed by atoms with Crippen molar-refractivity contribution in [1.29, 1.82) is 0 Å². The third-order valence-electron chi connectivity index (χ3n) is 5.38. The lowest BCUT2D eigenvalue weighted by Gasteiger charge is -2.48. The van der Waals surface area contributed by atoms with E-state index < -0.39 is 5.60 Å². The van der Waals surface area contributed by atoms with Crippen LogP contribution in [0.25, 0.3) is 0 Å². The Morgan fingerprint density at radius 2 is 1.89 bits per heavy atom. The van der Waals surface area contributed by atoms with Crippen LogP contribution in [0, 0.1) is 11.2 Å². The number of hydrogen-bond acceptors (Lipinski definition) is 2. The molecule has 1 saturated carbocycles. The summed E-state index contributed by atoms with van der Waals surface area (Å²) in [6.07, 6.45) is 6.59. The maximum Gasteiger partial charge on any atom is 0.126 e. The van der Waals surface area contributed by atoms with Crippen molar-refractivity contribution in [2.45, 2.75) is 50.5 Å². The Morgan fingerprint density at radius 3 is 2.58 bits per heavy atom. The first-order valence-corrected chi connectivity index (χ1v) is 7.33. The molecule has 3 N–H and O–H groups in total. The molecule has 1 aromatic rings. The summed E-state index contributed by atoms with van der Waals surface area (Å²) in [6, 6.07) is 5.08. The monoisotopic (exact) mass is 263 g/mol. The molecule has 2 aliphatic carbocycles. The number of benzene rings is 1. The van der Waals surface area contributed by atoms with E-state index in [-0.39, 0.29) is 11.2 Å². The second kappa shape index (κ2) is 4.57. The highest BCUT2D eigenvalue weighted by molar-refractivity contribution is 5.40. The van der Waals surface area contributed by atoms with Gasteiger partial charge >= 0.3 is 0 Å². The van der Waals surface area contributed by atoms with Crippen LogP contribution >= 0.6 is 0 Å². The summed E-state index contributed by atoms with van der Waals surface area (Å²) in [4.78, 5) is 0. The number of fused-ring (bicyclic) bond motifs is 1. The largest absolute Gasteiger partial charge is 0.385 e. The molecule has 0 aromatic heterocycles. The van der Waals surface area contributed by atoms with Gasteiger partial charge in [-0.25, -0.2) is 4.39 Å². The van der Waals surface area contributed by atoms with E-state index in [2.05, 4.69) is 0 Å². The maximum absolute atomic E-state index is 13.9. The average molecular weight is 263 g/mol. The van der Waals surface area contributed by atoms with E-state index in [0.29, 0.717) is 24.9 Å². The summed E-state index contributed by atoms with van der Waals surface area (Å²) in [7, 11) is 0. The summed E-state index contributed by atoms with van der Waals surface area (Å²) in [5.74, 6) is -0.184. The van der Waals surface area contributed by atoms with Crippen molar-refractivity contribution >= 4 is 0 Å². The molecule has 0 radical (unpaired) electrons. The van der Waals surface area contributed by atoms with Gasteiger partial charge in [0.1, 0.15) is 5.82 Å². The third kappa shape index (κ3) is 1.75. The minimum Gasteiger partial charge on any atom is -0.385 e. The van der Waals surface area contributed by atoms with Crippen LogP contribution in [-0.2, 0) is 12.0 Å². The Morgan fingerprint density at radius 1 is 1.16 bits per heavy atom. The van der Waals surface area contributed by atoms with Gasteiger partial charge in [0, 0.05) is 12.0 Å². The molecular formula is C16H22FNO. The first-order valence-electron chi connectivity index (χ1n) is 7.33. The molecule has 1 atom stereocenters. The minimum atomic E-state index is -0.931.